The molecule has 3 rings (SSSR count). The average Bonchev–Trinajstić information content (AvgIpc) is 2.91. The third-order valence-corrected chi connectivity index (χ3v) is 4.04. The second-order valence-corrected chi connectivity index (χ2v) is 5.34. The molecule has 5 heteroatoms. The van der Waals surface area contributed by atoms with E-state index in [1.54, 1.807) is 23.7 Å². The van der Waals surface area contributed by atoms with Gasteiger partial charge >= 0.3 is 0 Å². The van der Waals surface area contributed by atoms with Crippen molar-refractivity contribution in [2.45, 2.75) is 6.54 Å². The normalized spacial score (nSPS) is 10.8. The van der Waals surface area contributed by atoms with E-state index in [1.807, 2.05) is 6.07 Å². The number of hydrogen-bond donors (Lipinski definition) is 2. The van der Waals surface area contributed by atoms with E-state index in [9.17, 15) is 0 Å². The van der Waals surface area contributed by atoms with Gasteiger partial charge in [0.1, 0.15) is 0 Å². The second-order valence-electron chi connectivity index (χ2n) is 4.43. The number of nitrogens with zero attached hydrogens (tertiary/aromatic N) is 2. The number of thiophene rings is 1. The molecule has 0 fully saturated rings. The number of aromatic nitrogens is 2. The molecule has 2 aromatic heterocycles. The molecule has 4 nitrogen and oxygen atoms in total. The Hall–Kier alpha value is -1.98. The zero-order chi connectivity index (χ0) is 13.6. The van der Waals surface area contributed by atoms with Crippen molar-refractivity contribution in [3.63, 3.8) is 0 Å². The van der Waals surface area contributed by atoms with Crippen molar-refractivity contribution >= 4 is 27.4 Å². The Balaban J connectivity index is 1.46. The Morgan fingerprint density at radius 2 is 1.85 bits per heavy atom. The van der Waals surface area contributed by atoms with Crippen LogP contribution in [0.2, 0.25) is 0 Å². The van der Waals surface area contributed by atoms with E-state index >= 15 is 0 Å². The van der Waals surface area contributed by atoms with Crippen molar-refractivity contribution in [2.75, 3.05) is 18.4 Å². The summed E-state index contributed by atoms with van der Waals surface area (Å²) in [6.45, 7) is 2.58. The van der Waals surface area contributed by atoms with E-state index in [4.69, 9.17) is 0 Å². The lowest BCUT2D eigenvalue weighted by atomic mass is 10.2. The molecule has 1 aromatic carbocycles. The van der Waals surface area contributed by atoms with Gasteiger partial charge in [-0.05, 0) is 28.5 Å². The molecule has 0 saturated carbocycles. The zero-order valence-electron chi connectivity index (χ0n) is 11.0. The highest BCUT2D eigenvalue weighted by atomic mass is 32.1. The molecule has 0 amide bonds. The summed E-state index contributed by atoms with van der Waals surface area (Å²) in [5, 5.41) is 10.2. The average molecular weight is 284 g/mol. The van der Waals surface area contributed by atoms with Gasteiger partial charge in [-0.3, -0.25) is 0 Å². The van der Waals surface area contributed by atoms with Crippen LogP contribution in [0.3, 0.4) is 0 Å². The minimum Gasteiger partial charge on any atom is -0.353 e. The Morgan fingerprint density at radius 1 is 1.00 bits per heavy atom. The predicted molar refractivity (Wildman–Crippen MR) is 84.1 cm³/mol. The summed E-state index contributed by atoms with van der Waals surface area (Å²) in [5.41, 5.74) is 1.36. The number of nitrogens with one attached hydrogen (secondary N) is 2. The molecule has 0 aliphatic rings. The third-order valence-electron chi connectivity index (χ3n) is 3.03. The van der Waals surface area contributed by atoms with E-state index in [1.165, 1.54) is 15.6 Å². The van der Waals surface area contributed by atoms with Crippen LogP contribution in [0.25, 0.3) is 10.1 Å². The molecule has 0 atom stereocenters. The van der Waals surface area contributed by atoms with Gasteiger partial charge in [-0.15, -0.1) is 11.3 Å². The van der Waals surface area contributed by atoms with Gasteiger partial charge in [-0.2, -0.15) is 0 Å². The molecule has 0 bridgehead atoms. The quantitative estimate of drug-likeness (QED) is 0.683. The summed E-state index contributed by atoms with van der Waals surface area (Å²) in [4.78, 5) is 8.24. The first kappa shape index (κ1) is 13.0. The molecule has 0 aliphatic carbocycles. The van der Waals surface area contributed by atoms with Gasteiger partial charge < -0.3 is 10.6 Å². The Morgan fingerprint density at radius 3 is 2.75 bits per heavy atom. The fraction of sp³-hybridized carbons (Fsp3) is 0.200. The summed E-state index contributed by atoms with van der Waals surface area (Å²) in [6.07, 6.45) is 3.47. The summed E-state index contributed by atoms with van der Waals surface area (Å²) < 4.78 is 1.35. The fourth-order valence-electron chi connectivity index (χ4n) is 2.05. The number of anilines is 1. The smallest absolute Gasteiger partial charge is 0.222 e. The number of rotatable bonds is 6. The molecular weight excluding hydrogens is 268 g/mol. The maximum atomic E-state index is 4.12. The molecule has 20 heavy (non-hydrogen) atoms. The summed E-state index contributed by atoms with van der Waals surface area (Å²) >= 11 is 1.80. The van der Waals surface area contributed by atoms with E-state index in [-0.39, 0.29) is 0 Å². The molecular formula is C15H16N4S. The molecule has 3 aromatic rings. The lowest BCUT2D eigenvalue weighted by molar-refractivity contribution is 0.709. The molecule has 0 spiro atoms. The first-order chi connectivity index (χ1) is 9.93. The Labute approximate surface area is 121 Å². The topological polar surface area (TPSA) is 49.8 Å². The lowest BCUT2D eigenvalue weighted by Crippen LogP contribution is -2.22. The van der Waals surface area contributed by atoms with E-state index in [0.29, 0.717) is 5.95 Å². The van der Waals surface area contributed by atoms with Crippen LogP contribution in [0, 0.1) is 0 Å². The van der Waals surface area contributed by atoms with Crippen molar-refractivity contribution in [2.24, 2.45) is 0 Å². The first-order valence-corrected chi connectivity index (χ1v) is 7.48. The van der Waals surface area contributed by atoms with Crippen LogP contribution >= 0.6 is 11.3 Å². The molecule has 0 unspecified atom stereocenters. The molecule has 102 valence electrons. The van der Waals surface area contributed by atoms with Crippen LogP contribution < -0.4 is 10.6 Å². The molecule has 2 N–H and O–H groups in total. The maximum absolute atomic E-state index is 4.12. The van der Waals surface area contributed by atoms with Gasteiger partial charge in [-0.1, -0.05) is 18.2 Å². The second kappa shape index (κ2) is 6.45. The number of hydrogen-bond acceptors (Lipinski definition) is 5. The first-order valence-electron chi connectivity index (χ1n) is 6.60. The van der Waals surface area contributed by atoms with Crippen molar-refractivity contribution in [1.29, 1.82) is 0 Å². The van der Waals surface area contributed by atoms with Crippen molar-refractivity contribution in [1.82, 2.24) is 15.3 Å². The minimum absolute atomic E-state index is 0.676. The van der Waals surface area contributed by atoms with Gasteiger partial charge in [0.25, 0.3) is 0 Å². The van der Waals surface area contributed by atoms with Crippen molar-refractivity contribution in [3.8, 4) is 0 Å². The molecule has 2 heterocycles. The zero-order valence-corrected chi connectivity index (χ0v) is 11.9. The fourth-order valence-corrected chi connectivity index (χ4v) is 3.01. The largest absolute Gasteiger partial charge is 0.353 e. The Kier molecular flexibility index (Phi) is 4.20. The summed E-state index contributed by atoms with van der Waals surface area (Å²) in [7, 11) is 0. The van der Waals surface area contributed by atoms with Gasteiger partial charge in [0.2, 0.25) is 5.95 Å². The standard InChI is InChI=1S/C15H16N4S/c1-2-5-14-13(4-1)12(11-20-14)10-16-8-9-19-15-17-6-3-7-18-15/h1-7,11,16H,8-10H2,(H,17,18,19). The highest BCUT2D eigenvalue weighted by Crippen LogP contribution is 2.25. The summed E-state index contributed by atoms with van der Waals surface area (Å²) in [6, 6.07) is 10.3. The SMILES string of the molecule is c1cnc(NCCNCc2csc3ccccc23)nc1. The van der Waals surface area contributed by atoms with Crippen LogP contribution in [-0.2, 0) is 6.54 Å². The molecule has 0 saturated heterocycles. The van der Waals surface area contributed by atoms with Gasteiger partial charge in [0, 0.05) is 36.7 Å². The van der Waals surface area contributed by atoms with Crippen LogP contribution in [0.4, 0.5) is 5.95 Å². The summed E-state index contributed by atoms with van der Waals surface area (Å²) in [5.74, 6) is 0.676. The number of fused-ring (bicyclic) bond motifs is 1. The number of benzene rings is 1. The van der Waals surface area contributed by atoms with E-state index in [2.05, 4.69) is 50.2 Å². The predicted octanol–water partition coefficient (Wildman–Crippen LogP) is 2.89. The van der Waals surface area contributed by atoms with Crippen LogP contribution in [0.5, 0.6) is 0 Å². The van der Waals surface area contributed by atoms with Crippen LogP contribution in [0.1, 0.15) is 5.56 Å². The highest BCUT2D eigenvalue weighted by Gasteiger charge is 2.02. The highest BCUT2D eigenvalue weighted by molar-refractivity contribution is 7.17. The minimum atomic E-state index is 0.676. The van der Waals surface area contributed by atoms with Crippen molar-refractivity contribution < 1.29 is 0 Å². The van der Waals surface area contributed by atoms with E-state index in [0.717, 1.165) is 19.6 Å². The van der Waals surface area contributed by atoms with Gasteiger partial charge in [-0.25, -0.2) is 9.97 Å². The van der Waals surface area contributed by atoms with Crippen LogP contribution in [-0.4, -0.2) is 23.1 Å². The van der Waals surface area contributed by atoms with E-state index < -0.39 is 0 Å². The van der Waals surface area contributed by atoms with Crippen LogP contribution in [0.15, 0.2) is 48.1 Å². The maximum Gasteiger partial charge on any atom is 0.222 e. The van der Waals surface area contributed by atoms with Crippen molar-refractivity contribution in [3.05, 3.63) is 53.7 Å². The third kappa shape index (κ3) is 3.12. The Bertz CT molecular complexity index is 666. The molecule has 0 aliphatic heterocycles. The van der Waals surface area contributed by atoms with Gasteiger partial charge in [0.15, 0.2) is 0 Å². The van der Waals surface area contributed by atoms with Gasteiger partial charge in [0.05, 0.1) is 0 Å². The lowest BCUT2D eigenvalue weighted by Gasteiger charge is -2.05. The monoisotopic (exact) mass is 284 g/mol. The molecule has 0 radical (unpaired) electrons.